The minimum absolute atomic E-state index is 0.0756. The Bertz CT molecular complexity index is 717. The zero-order chi connectivity index (χ0) is 16.1. The number of methoxy groups -OCH3 is 1. The van der Waals surface area contributed by atoms with Gasteiger partial charge in [-0.1, -0.05) is 12.1 Å². The monoisotopic (exact) mass is 303 g/mol. The number of phenols is 1. The molecule has 0 spiro atoms. The van der Waals surface area contributed by atoms with E-state index in [4.69, 9.17) is 4.74 Å². The molecule has 0 aliphatic rings. The van der Waals surface area contributed by atoms with Gasteiger partial charge in [0, 0.05) is 6.07 Å². The maximum Gasteiger partial charge on any atom is 0.323 e. The number of anilines is 2. The summed E-state index contributed by atoms with van der Waals surface area (Å²) in [6.45, 7) is 0. The van der Waals surface area contributed by atoms with Gasteiger partial charge in [-0.2, -0.15) is 0 Å². The number of amides is 2. The molecular formula is C14H13N3O5. The minimum atomic E-state index is -0.617. The smallest absolute Gasteiger partial charge is 0.323 e. The molecule has 0 aromatic heterocycles. The lowest BCUT2D eigenvalue weighted by Gasteiger charge is -2.11. The lowest BCUT2D eigenvalue weighted by Crippen LogP contribution is -2.19. The highest BCUT2D eigenvalue weighted by Crippen LogP contribution is 2.29. The van der Waals surface area contributed by atoms with Gasteiger partial charge in [-0.05, 0) is 18.2 Å². The topological polar surface area (TPSA) is 114 Å². The van der Waals surface area contributed by atoms with E-state index in [9.17, 15) is 20.0 Å². The molecule has 3 N–H and O–H groups in total. The van der Waals surface area contributed by atoms with E-state index in [1.807, 2.05) is 0 Å². The van der Waals surface area contributed by atoms with Gasteiger partial charge in [-0.3, -0.25) is 10.1 Å². The first-order valence-electron chi connectivity index (χ1n) is 6.19. The van der Waals surface area contributed by atoms with E-state index in [0.29, 0.717) is 0 Å². The predicted molar refractivity (Wildman–Crippen MR) is 80.4 cm³/mol. The molecule has 2 amide bonds. The van der Waals surface area contributed by atoms with Crippen LogP contribution in [-0.4, -0.2) is 23.2 Å². The number of ether oxygens (including phenoxy) is 1. The van der Waals surface area contributed by atoms with Crippen molar-refractivity contribution in [2.75, 3.05) is 17.7 Å². The Hall–Kier alpha value is -3.29. The average Bonchev–Trinajstić information content (AvgIpc) is 2.49. The van der Waals surface area contributed by atoms with Crippen molar-refractivity contribution < 1.29 is 19.6 Å². The molecule has 0 atom stereocenters. The third kappa shape index (κ3) is 3.42. The molecule has 0 aliphatic heterocycles. The van der Waals surface area contributed by atoms with Gasteiger partial charge in [0.25, 0.3) is 5.69 Å². The van der Waals surface area contributed by atoms with Crippen LogP contribution < -0.4 is 15.4 Å². The molecule has 0 bridgehead atoms. The van der Waals surface area contributed by atoms with Crippen molar-refractivity contribution in [3.63, 3.8) is 0 Å². The van der Waals surface area contributed by atoms with Crippen molar-refractivity contribution in [1.29, 1.82) is 0 Å². The zero-order valence-electron chi connectivity index (χ0n) is 11.6. The highest BCUT2D eigenvalue weighted by atomic mass is 16.6. The molecule has 0 saturated carbocycles. The number of non-ortho nitro benzene ring substituents is 1. The summed E-state index contributed by atoms with van der Waals surface area (Å²) in [6, 6.07) is 9.44. The van der Waals surface area contributed by atoms with Crippen LogP contribution in [0.15, 0.2) is 42.5 Å². The van der Waals surface area contributed by atoms with Crippen LogP contribution in [0, 0.1) is 10.1 Å². The third-order valence-electron chi connectivity index (χ3n) is 2.80. The summed E-state index contributed by atoms with van der Waals surface area (Å²) in [5.74, 6) is 0.0787. The number of nitro groups is 1. The fourth-order valence-corrected chi connectivity index (χ4v) is 1.75. The first-order valence-corrected chi connectivity index (χ1v) is 6.19. The summed E-state index contributed by atoms with van der Waals surface area (Å²) >= 11 is 0. The number of nitrogens with one attached hydrogen (secondary N) is 2. The number of para-hydroxylation sites is 2. The van der Waals surface area contributed by atoms with Crippen LogP contribution >= 0.6 is 0 Å². The Balaban J connectivity index is 2.15. The number of nitrogens with zero attached hydrogens (tertiary/aromatic N) is 1. The van der Waals surface area contributed by atoms with Gasteiger partial charge >= 0.3 is 6.03 Å². The lowest BCUT2D eigenvalue weighted by molar-refractivity contribution is -0.384. The summed E-state index contributed by atoms with van der Waals surface area (Å²) in [5.41, 5.74) is 0.352. The van der Waals surface area contributed by atoms with Crippen molar-refractivity contribution in [3.8, 4) is 11.5 Å². The SMILES string of the molecule is COc1cc([N+](=O)[O-])ccc1NC(=O)Nc1ccccc1O. The first kappa shape index (κ1) is 15.1. The summed E-state index contributed by atoms with van der Waals surface area (Å²) in [6.07, 6.45) is 0. The molecule has 8 heteroatoms. The van der Waals surface area contributed by atoms with Gasteiger partial charge in [0.1, 0.15) is 11.5 Å². The van der Waals surface area contributed by atoms with Crippen LogP contribution in [0.3, 0.4) is 0 Å². The van der Waals surface area contributed by atoms with Crippen molar-refractivity contribution in [2.24, 2.45) is 0 Å². The number of carbonyl (C=O) groups excluding carboxylic acids is 1. The highest BCUT2D eigenvalue weighted by molar-refractivity contribution is 6.01. The Labute approximate surface area is 125 Å². The second kappa shape index (κ2) is 6.44. The normalized spacial score (nSPS) is 9.86. The first-order chi connectivity index (χ1) is 10.5. The van der Waals surface area contributed by atoms with E-state index >= 15 is 0 Å². The molecule has 22 heavy (non-hydrogen) atoms. The molecule has 0 saturated heterocycles. The number of hydrogen-bond donors (Lipinski definition) is 3. The van der Waals surface area contributed by atoms with Gasteiger partial charge in [-0.15, -0.1) is 0 Å². The van der Waals surface area contributed by atoms with Crippen molar-refractivity contribution in [2.45, 2.75) is 0 Å². The zero-order valence-corrected chi connectivity index (χ0v) is 11.6. The lowest BCUT2D eigenvalue weighted by atomic mass is 10.2. The van der Waals surface area contributed by atoms with E-state index in [-0.39, 0.29) is 28.6 Å². The van der Waals surface area contributed by atoms with Crippen LogP contribution in [-0.2, 0) is 0 Å². The van der Waals surface area contributed by atoms with Gasteiger partial charge in [-0.25, -0.2) is 4.79 Å². The molecule has 2 aromatic carbocycles. The molecule has 8 nitrogen and oxygen atoms in total. The molecule has 2 rings (SSSR count). The van der Waals surface area contributed by atoms with E-state index in [1.54, 1.807) is 12.1 Å². The van der Waals surface area contributed by atoms with Crippen molar-refractivity contribution in [1.82, 2.24) is 0 Å². The number of hydrogen-bond acceptors (Lipinski definition) is 5. The van der Waals surface area contributed by atoms with E-state index < -0.39 is 11.0 Å². The molecule has 0 unspecified atom stereocenters. The largest absolute Gasteiger partial charge is 0.506 e. The Morgan fingerprint density at radius 3 is 2.50 bits per heavy atom. The number of urea groups is 1. The molecule has 0 heterocycles. The van der Waals surface area contributed by atoms with Gasteiger partial charge < -0.3 is 20.5 Å². The second-order valence-corrected chi connectivity index (χ2v) is 4.24. The highest BCUT2D eigenvalue weighted by Gasteiger charge is 2.14. The van der Waals surface area contributed by atoms with E-state index in [0.717, 1.165) is 0 Å². The molecule has 0 aliphatic carbocycles. The van der Waals surface area contributed by atoms with Crippen LogP contribution in [0.5, 0.6) is 11.5 Å². The average molecular weight is 303 g/mol. The number of nitro benzene ring substituents is 1. The summed E-state index contributed by atoms with van der Waals surface area (Å²) < 4.78 is 5.01. The summed E-state index contributed by atoms with van der Waals surface area (Å²) in [7, 11) is 1.34. The number of carbonyl (C=O) groups is 1. The minimum Gasteiger partial charge on any atom is -0.506 e. The van der Waals surface area contributed by atoms with Crippen LogP contribution in [0.4, 0.5) is 21.9 Å². The third-order valence-corrected chi connectivity index (χ3v) is 2.80. The second-order valence-electron chi connectivity index (χ2n) is 4.24. The quantitative estimate of drug-likeness (QED) is 0.456. The Morgan fingerprint density at radius 1 is 1.18 bits per heavy atom. The molecule has 0 radical (unpaired) electrons. The van der Waals surface area contributed by atoms with Gasteiger partial charge in [0.05, 0.1) is 29.5 Å². The Kier molecular flexibility index (Phi) is 4.42. The molecule has 2 aromatic rings. The van der Waals surface area contributed by atoms with E-state index in [1.165, 1.54) is 37.4 Å². The van der Waals surface area contributed by atoms with Crippen LogP contribution in [0.25, 0.3) is 0 Å². The number of benzene rings is 2. The number of aromatic hydroxyl groups is 1. The standard InChI is InChI=1S/C14H13N3O5/c1-22-13-8-9(17(20)21)6-7-11(13)16-14(19)15-10-4-2-3-5-12(10)18/h2-8,18H,1H3,(H2,15,16,19). The molecular weight excluding hydrogens is 290 g/mol. The fraction of sp³-hybridized carbons (Fsp3) is 0.0714. The van der Waals surface area contributed by atoms with E-state index in [2.05, 4.69) is 10.6 Å². The summed E-state index contributed by atoms with van der Waals surface area (Å²) in [4.78, 5) is 22.0. The summed E-state index contributed by atoms with van der Waals surface area (Å²) in [5, 5.41) is 25.2. The maximum atomic E-state index is 11.9. The van der Waals surface area contributed by atoms with Gasteiger partial charge in [0.2, 0.25) is 0 Å². The van der Waals surface area contributed by atoms with Gasteiger partial charge in [0.15, 0.2) is 0 Å². The van der Waals surface area contributed by atoms with Crippen LogP contribution in [0.1, 0.15) is 0 Å². The van der Waals surface area contributed by atoms with Crippen molar-refractivity contribution >= 4 is 23.1 Å². The van der Waals surface area contributed by atoms with Crippen molar-refractivity contribution in [3.05, 3.63) is 52.6 Å². The fourth-order valence-electron chi connectivity index (χ4n) is 1.75. The number of rotatable bonds is 4. The molecule has 0 fully saturated rings. The Morgan fingerprint density at radius 2 is 1.86 bits per heavy atom. The predicted octanol–water partition coefficient (Wildman–Crippen LogP) is 2.95. The maximum absolute atomic E-state index is 11.9. The number of phenolic OH excluding ortho intramolecular Hbond substituents is 1. The van der Waals surface area contributed by atoms with Crippen LogP contribution in [0.2, 0.25) is 0 Å². The molecule has 114 valence electrons.